The molecule has 1 unspecified atom stereocenters. The number of thiocarbonyl (C=S) groups is 1. The van der Waals surface area contributed by atoms with Crippen LogP contribution >= 0.6 is 12.2 Å². The van der Waals surface area contributed by atoms with Crippen molar-refractivity contribution in [2.45, 2.75) is 6.92 Å². The predicted octanol–water partition coefficient (Wildman–Crippen LogP) is 2.28. The first kappa shape index (κ1) is 9.80. The van der Waals surface area contributed by atoms with Gasteiger partial charge in [-0.15, -0.1) is 0 Å². The molecule has 1 atom stereocenters. The van der Waals surface area contributed by atoms with Crippen molar-refractivity contribution < 1.29 is 4.92 Å². The maximum absolute atomic E-state index is 10.0. The summed E-state index contributed by atoms with van der Waals surface area (Å²) in [7, 11) is 0. The van der Waals surface area contributed by atoms with E-state index in [1.165, 1.54) is 6.08 Å². The number of nitrogens with zero attached hydrogens (tertiary/aromatic N) is 1. The van der Waals surface area contributed by atoms with Crippen molar-refractivity contribution in [2.75, 3.05) is 0 Å². The molecule has 0 aliphatic heterocycles. The second-order valence-corrected chi connectivity index (χ2v) is 3.27. The molecule has 13 heavy (non-hydrogen) atoms. The van der Waals surface area contributed by atoms with Crippen LogP contribution in [0.4, 0.5) is 0 Å². The van der Waals surface area contributed by atoms with Crippen molar-refractivity contribution in [1.29, 1.82) is 0 Å². The Morgan fingerprint density at radius 3 is 2.92 bits per heavy atom. The van der Waals surface area contributed by atoms with Crippen LogP contribution in [0, 0.1) is 16.0 Å². The molecule has 0 aromatic heterocycles. The molecule has 0 N–H and O–H groups in total. The standard InChI is InChI=1S/C9H9NO2S/c1-7-2-3-8(6-9(7)13)4-5-10(11)12/h2-7H,1H3/b5-4+. The van der Waals surface area contributed by atoms with Gasteiger partial charge in [0.2, 0.25) is 6.20 Å². The highest BCUT2D eigenvalue weighted by Gasteiger charge is 2.07. The normalized spacial score (nSPS) is 22.1. The summed E-state index contributed by atoms with van der Waals surface area (Å²) >= 11 is 5.05. The molecule has 0 aromatic rings. The van der Waals surface area contributed by atoms with E-state index in [0.29, 0.717) is 0 Å². The van der Waals surface area contributed by atoms with E-state index in [2.05, 4.69) is 0 Å². The van der Waals surface area contributed by atoms with Gasteiger partial charge in [0.1, 0.15) is 0 Å². The Bertz CT molecular complexity index is 329. The van der Waals surface area contributed by atoms with Gasteiger partial charge in [0.05, 0.1) is 4.92 Å². The van der Waals surface area contributed by atoms with E-state index in [1.54, 1.807) is 6.08 Å². The monoisotopic (exact) mass is 195 g/mol. The minimum absolute atomic E-state index is 0.253. The second-order valence-electron chi connectivity index (χ2n) is 2.80. The first-order valence-corrected chi connectivity index (χ1v) is 4.26. The molecular weight excluding hydrogens is 186 g/mol. The van der Waals surface area contributed by atoms with Gasteiger partial charge < -0.3 is 0 Å². The van der Waals surface area contributed by atoms with Crippen LogP contribution in [0.1, 0.15) is 6.92 Å². The van der Waals surface area contributed by atoms with Crippen LogP contribution in [0.2, 0.25) is 0 Å². The zero-order valence-electron chi connectivity index (χ0n) is 7.14. The highest BCUT2D eigenvalue weighted by molar-refractivity contribution is 7.80. The van der Waals surface area contributed by atoms with Crippen molar-refractivity contribution in [3.63, 3.8) is 0 Å². The van der Waals surface area contributed by atoms with E-state index in [0.717, 1.165) is 16.6 Å². The Balaban J connectivity index is 2.74. The highest BCUT2D eigenvalue weighted by Crippen LogP contribution is 2.14. The van der Waals surface area contributed by atoms with Gasteiger partial charge in [0.25, 0.3) is 0 Å². The molecule has 0 spiro atoms. The van der Waals surface area contributed by atoms with Gasteiger partial charge in [0.15, 0.2) is 0 Å². The lowest BCUT2D eigenvalue weighted by Gasteiger charge is -2.09. The van der Waals surface area contributed by atoms with Crippen LogP contribution < -0.4 is 0 Å². The minimum Gasteiger partial charge on any atom is -0.259 e. The summed E-state index contributed by atoms with van der Waals surface area (Å²) in [5.41, 5.74) is 0.778. The molecule has 4 heteroatoms. The fourth-order valence-corrected chi connectivity index (χ4v) is 1.16. The van der Waals surface area contributed by atoms with Crippen LogP contribution in [0.25, 0.3) is 0 Å². The molecular formula is C9H9NO2S. The summed E-state index contributed by atoms with van der Waals surface area (Å²) in [5, 5.41) is 10.0. The Labute approximate surface area is 81.6 Å². The lowest BCUT2D eigenvalue weighted by atomic mass is 9.98. The Hall–Kier alpha value is -1.29. The van der Waals surface area contributed by atoms with Gasteiger partial charge in [-0.05, 0) is 11.6 Å². The van der Waals surface area contributed by atoms with Gasteiger partial charge in [-0.2, -0.15) is 0 Å². The molecule has 0 aromatic carbocycles. The third kappa shape index (κ3) is 2.91. The molecule has 0 saturated heterocycles. The fourth-order valence-electron chi connectivity index (χ4n) is 0.945. The third-order valence-electron chi connectivity index (χ3n) is 1.72. The van der Waals surface area contributed by atoms with E-state index in [4.69, 9.17) is 12.2 Å². The maximum atomic E-state index is 10.0. The van der Waals surface area contributed by atoms with Gasteiger partial charge in [-0.25, -0.2) is 0 Å². The van der Waals surface area contributed by atoms with Crippen LogP contribution in [-0.4, -0.2) is 9.79 Å². The quantitative estimate of drug-likeness (QED) is 0.385. The number of rotatable bonds is 2. The van der Waals surface area contributed by atoms with Gasteiger partial charge in [0, 0.05) is 16.9 Å². The second kappa shape index (κ2) is 4.09. The van der Waals surface area contributed by atoms with Crippen LogP contribution in [0.3, 0.4) is 0 Å². The van der Waals surface area contributed by atoms with Crippen LogP contribution in [-0.2, 0) is 0 Å². The SMILES string of the molecule is CC1C=CC(/C=C/[N+](=O)[O-])=CC1=S. The number of allylic oxidation sites excluding steroid dienone is 5. The molecule has 0 fully saturated rings. The first-order valence-electron chi connectivity index (χ1n) is 3.85. The summed E-state index contributed by atoms with van der Waals surface area (Å²) in [4.78, 5) is 10.3. The average molecular weight is 195 g/mol. The first-order chi connectivity index (χ1) is 6.09. The summed E-state index contributed by atoms with van der Waals surface area (Å²) in [6, 6.07) is 0. The molecule has 1 aliphatic carbocycles. The van der Waals surface area contributed by atoms with E-state index in [9.17, 15) is 10.1 Å². The zero-order valence-corrected chi connectivity index (χ0v) is 7.95. The van der Waals surface area contributed by atoms with Crippen LogP contribution in [0.5, 0.6) is 0 Å². The van der Waals surface area contributed by atoms with E-state index >= 15 is 0 Å². The largest absolute Gasteiger partial charge is 0.259 e. The van der Waals surface area contributed by atoms with E-state index in [1.807, 2.05) is 19.1 Å². The molecule has 0 heterocycles. The Morgan fingerprint density at radius 1 is 1.69 bits per heavy atom. The molecule has 0 radical (unpaired) electrons. The zero-order chi connectivity index (χ0) is 9.84. The number of hydrogen-bond donors (Lipinski definition) is 0. The number of nitro groups is 1. The summed E-state index contributed by atoms with van der Waals surface area (Å²) < 4.78 is 0. The van der Waals surface area contributed by atoms with Gasteiger partial charge in [-0.3, -0.25) is 10.1 Å². The van der Waals surface area contributed by atoms with Gasteiger partial charge >= 0.3 is 0 Å². The van der Waals surface area contributed by atoms with Gasteiger partial charge in [-0.1, -0.05) is 31.3 Å². The highest BCUT2D eigenvalue weighted by atomic mass is 32.1. The van der Waals surface area contributed by atoms with Crippen LogP contribution in [0.15, 0.2) is 36.1 Å². The maximum Gasteiger partial charge on any atom is 0.235 e. The minimum atomic E-state index is -0.490. The average Bonchev–Trinajstić information content (AvgIpc) is 2.07. The van der Waals surface area contributed by atoms with Crippen molar-refractivity contribution in [2.24, 2.45) is 5.92 Å². The van der Waals surface area contributed by atoms with Crippen molar-refractivity contribution >= 4 is 17.1 Å². The number of hydrogen-bond acceptors (Lipinski definition) is 3. The molecule has 3 nitrogen and oxygen atoms in total. The molecule has 1 rings (SSSR count). The summed E-state index contributed by atoms with van der Waals surface area (Å²) in [6.07, 6.45) is 7.89. The van der Waals surface area contributed by atoms with E-state index < -0.39 is 4.92 Å². The van der Waals surface area contributed by atoms with Crippen molar-refractivity contribution in [3.05, 3.63) is 46.2 Å². The van der Waals surface area contributed by atoms with E-state index in [-0.39, 0.29) is 5.92 Å². The summed E-state index contributed by atoms with van der Waals surface area (Å²) in [5.74, 6) is 0.253. The van der Waals surface area contributed by atoms with Crippen molar-refractivity contribution in [3.8, 4) is 0 Å². The lowest BCUT2D eigenvalue weighted by Crippen LogP contribution is -2.06. The Kier molecular flexibility index (Phi) is 3.08. The topological polar surface area (TPSA) is 43.1 Å². The fraction of sp³-hybridized carbons (Fsp3) is 0.222. The third-order valence-corrected chi connectivity index (χ3v) is 2.21. The lowest BCUT2D eigenvalue weighted by molar-refractivity contribution is -0.402. The molecule has 1 aliphatic rings. The smallest absolute Gasteiger partial charge is 0.235 e. The molecule has 0 amide bonds. The summed E-state index contributed by atoms with van der Waals surface area (Å²) in [6.45, 7) is 1.99. The molecule has 68 valence electrons. The Morgan fingerprint density at radius 2 is 2.38 bits per heavy atom. The molecule has 0 saturated carbocycles. The molecule has 0 bridgehead atoms. The van der Waals surface area contributed by atoms with Crippen molar-refractivity contribution in [1.82, 2.24) is 0 Å². The predicted molar refractivity (Wildman–Crippen MR) is 55.1 cm³/mol.